The van der Waals surface area contributed by atoms with Crippen molar-refractivity contribution < 1.29 is 9.53 Å². The number of morpholine rings is 1. The van der Waals surface area contributed by atoms with Crippen LogP contribution >= 0.6 is 0 Å². The number of aromatic nitrogens is 1. The lowest BCUT2D eigenvalue weighted by Crippen LogP contribution is -2.48. The zero-order valence-corrected chi connectivity index (χ0v) is 11.8. The van der Waals surface area contributed by atoms with Crippen molar-refractivity contribution in [1.82, 2.24) is 14.8 Å². The minimum atomic E-state index is 0.0947. The Hall–Kier alpha value is -1.33. The van der Waals surface area contributed by atoms with Gasteiger partial charge < -0.3 is 19.5 Å². The summed E-state index contributed by atoms with van der Waals surface area (Å²) in [6.07, 6.45) is 3.10. The number of nitrogens with one attached hydrogen (secondary N) is 1. The first-order valence-electron chi connectivity index (χ1n) is 6.97. The predicted molar refractivity (Wildman–Crippen MR) is 74.3 cm³/mol. The number of aryl methyl sites for hydroxylation is 1. The Kier molecular flexibility index (Phi) is 4.99. The highest BCUT2D eigenvalue weighted by Crippen LogP contribution is 2.12. The second kappa shape index (κ2) is 6.73. The number of carbonyl (C=O) groups is 1. The van der Waals surface area contributed by atoms with Crippen molar-refractivity contribution in [1.29, 1.82) is 0 Å². The summed E-state index contributed by atoms with van der Waals surface area (Å²) in [5, 5.41) is 3.10. The van der Waals surface area contributed by atoms with Crippen molar-refractivity contribution in [2.24, 2.45) is 0 Å². The largest absolute Gasteiger partial charge is 0.373 e. The van der Waals surface area contributed by atoms with E-state index in [9.17, 15) is 4.79 Å². The molecule has 0 spiro atoms. The Labute approximate surface area is 114 Å². The van der Waals surface area contributed by atoms with E-state index in [2.05, 4.69) is 12.2 Å². The average Bonchev–Trinajstić information content (AvgIpc) is 2.87. The Morgan fingerprint density at radius 3 is 3.16 bits per heavy atom. The van der Waals surface area contributed by atoms with Crippen molar-refractivity contribution in [3.63, 3.8) is 0 Å². The summed E-state index contributed by atoms with van der Waals surface area (Å²) in [7, 11) is 1.90. The molecule has 1 aromatic heterocycles. The molecule has 1 atom stereocenters. The van der Waals surface area contributed by atoms with Gasteiger partial charge in [0.1, 0.15) is 5.69 Å². The third-order valence-corrected chi connectivity index (χ3v) is 3.37. The third-order valence-electron chi connectivity index (χ3n) is 3.37. The Morgan fingerprint density at radius 1 is 1.58 bits per heavy atom. The molecular formula is C14H23N3O2. The summed E-state index contributed by atoms with van der Waals surface area (Å²) in [5.74, 6) is 0.114. The normalized spacial score (nSPS) is 19.7. The quantitative estimate of drug-likeness (QED) is 0.862. The number of hydrogen-bond acceptors (Lipinski definition) is 3. The molecule has 0 saturated carbocycles. The van der Waals surface area contributed by atoms with Gasteiger partial charge >= 0.3 is 0 Å². The molecule has 1 saturated heterocycles. The summed E-state index contributed by atoms with van der Waals surface area (Å²) in [6, 6.07) is 3.84. The molecule has 1 aliphatic rings. The second-order valence-corrected chi connectivity index (χ2v) is 4.89. The van der Waals surface area contributed by atoms with E-state index in [-0.39, 0.29) is 12.0 Å². The number of hydrogen-bond donors (Lipinski definition) is 1. The molecule has 19 heavy (non-hydrogen) atoms. The van der Waals surface area contributed by atoms with Gasteiger partial charge in [0.15, 0.2) is 0 Å². The smallest absolute Gasteiger partial charge is 0.270 e. The van der Waals surface area contributed by atoms with E-state index in [1.807, 2.05) is 34.8 Å². The van der Waals surface area contributed by atoms with E-state index in [4.69, 9.17) is 4.74 Å². The number of carbonyl (C=O) groups excluding carboxylic acids is 1. The summed E-state index contributed by atoms with van der Waals surface area (Å²) < 4.78 is 7.66. The number of ether oxygens (including phenoxy) is 1. The lowest BCUT2D eigenvalue weighted by Gasteiger charge is -2.33. The Morgan fingerprint density at radius 2 is 2.42 bits per heavy atom. The summed E-state index contributed by atoms with van der Waals surface area (Å²) in [4.78, 5) is 14.4. The van der Waals surface area contributed by atoms with Gasteiger partial charge in [-0.25, -0.2) is 0 Å². The van der Waals surface area contributed by atoms with Crippen LogP contribution in [0, 0.1) is 0 Å². The maximum Gasteiger partial charge on any atom is 0.270 e. The predicted octanol–water partition coefficient (Wildman–Crippen LogP) is 0.958. The van der Waals surface area contributed by atoms with E-state index < -0.39 is 0 Å². The molecule has 0 aliphatic carbocycles. The van der Waals surface area contributed by atoms with Gasteiger partial charge in [-0.05, 0) is 25.6 Å². The van der Waals surface area contributed by atoms with Gasteiger partial charge in [0, 0.05) is 32.4 Å². The number of amides is 1. The lowest BCUT2D eigenvalue weighted by atomic mass is 10.2. The fraction of sp³-hybridized carbons (Fsp3) is 0.643. The Bertz CT molecular complexity index is 415. The van der Waals surface area contributed by atoms with Crippen LogP contribution in [0.5, 0.6) is 0 Å². The third kappa shape index (κ3) is 3.36. The molecular weight excluding hydrogens is 242 g/mol. The molecule has 2 rings (SSSR count). The summed E-state index contributed by atoms with van der Waals surface area (Å²) in [6.45, 7) is 5.74. The van der Waals surface area contributed by atoms with Gasteiger partial charge in [-0.1, -0.05) is 6.92 Å². The van der Waals surface area contributed by atoms with Gasteiger partial charge in [-0.15, -0.1) is 0 Å². The minimum Gasteiger partial charge on any atom is -0.373 e. The van der Waals surface area contributed by atoms with Crippen LogP contribution < -0.4 is 5.32 Å². The maximum atomic E-state index is 12.5. The topological polar surface area (TPSA) is 46.5 Å². The maximum absolute atomic E-state index is 12.5. The second-order valence-electron chi connectivity index (χ2n) is 4.89. The standard InChI is InChI=1S/C14H23N3O2/c1-3-6-16-7-4-5-13(16)14(18)17-8-9-19-12(11-17)10-15-2/h4-5,7,12,15H,3,6,8-11H2,1-2H3. The minimum absolute atomic E-state index is 0.0947. The van der Waals surface area contributed by atoms with E-state index in [1.54, 1.807) is 0 Å². The molecule has 0 radical (unpaired) electrons. The molecule has 2 heterocycles. The molecule has 1 N–H and O–H groups in total. The van der Waals surface area contributed by atoms with E-state index >= 15 is 0 Å². The first-order chi connectivity index (χ1) is 9.26. The zero-order valence-electron chi connectivity index (χ0n) is 11.8. The highest BCUT2D eigenvalue weighted by Gasteiger charge is 2.25. The van der Waals surface area contributed by atoms with E-state index in [1.165, 1.54) is 0 Å². The molecule has 1 aromatic rings. The molecule has 106 valence electrons. The van der Waals surface area contributed by atoms with Crippen molar-refractivity contribution in [3.8, 4) is 0 Å². The van der Waals surface area contributed by atoms with Crippen molar-refractivity contribution >= 4 is 5.91 Å². The van der Waals surface area contributed by atoms with Gasteiger partial charge in [-0.3, -0.25) is 4.79 Å². The highest BCUT2D eigenvalue weighted by atomic mass is 16.5. The monoisotopic (exact) mass is 265 g/mol. The van der Waals surface area contributed by atoms with Crippen LogP contribution in [0.2, 0.25) is 0 Å². The van der Waals surface area contributed by atoms with Crippen LogP contribution in [0.3, 0.4) is 0 Å². The number of likely N-dealkylation sites (N-methyl/N-ethyl adjacent to an activating group) is 1. The average molecular weight is 265 g/mol. The van der Waals surface area contributed by atoms with Crippen LogP contribution in [0.1, 0.15) is 23.8 Å². The molecule has 0 bridgehead atoms. The molecule has 5 heteroatoms. The van der Waals surface area contributed by atoms with Gasteiger partial charge in [0.2, 0.25) is 0 Å². The number of rotatable bonds is 5. The van der Waals surface area contributed by atoms with Crippen molar-refractivity contribution in [2.75, 3.05) is 33.3 Å². The first kappa shape index (κ1) is 14.1. The Balaban J connectivity index is 2.04. The highest BCUT2D eigenvalue weighted by molar-refractivity contribution is 5.92. The number of nitrogens with zero attached hydrogens (tertiary/aromatic N) is 2. The van der Waals surface area contributed by atoms with E-state index in [0.29, 0.717) is 19.7 Å². The molecule has 1 unspecified atom stereocenters. The molecule has 0 aromatic carbocycles. The first-order valence-corrected chi connectivity index (χ1v) is 6.97. The van der Waals surface area contributed by atoms with Crippen molar-refractivity contribution in [2.45, 2.75) is 26.0 Å². The van der Waals surface area contributed by atoms with Crippen LogP contribution in [0.15, 0.2) is 18.3 Å². The van der Waals surface area contributed by atoms with Gasteiger partial charge in [0.25, 0.3) is 5.91 Å². The fourth-order valence-electron chi connectivity index (χ4n) is 2.46. The molecule has 1 amide bonds. The fourth-order valence-corrected chi connectivity index (χ4v) is 2.46. The van der Waals surface area contributed by atoms with Gasteiger partial charge in [-0.2, -0.15) is 0 Å². The van der Waals surface area contributed by atoms with Crippen LogP contribution in [0.4, 0.5) is 0 Å². The van der Waals surface area contributed by atoms with E-state index in [0.717, 1.165) is 25.2 Å². The molecule has 1 aliphatic heterocycles. The van der Waals surface area contributed by atoms with Crippen LogP contribution in [0.25, 0.3) is 0 Å². The van der Waals surface area contributed by atoms with Crippen molar-refractivity contribution in [3.05, 3.63) is 24.0 Å². The van der Waals surface area contributed by atoms with Gasteiger partial charge in [0.05, 0.1) is 12.7 Å². The molecule has 1 fully saturated rings. The SMILES string of the molecule is CCCn1cccc1C(=O)N1CCOC(CNC)C1. The summed E-state index contributed by atoms with van der Waals surface area (Å²) in [5.41, 5.74) is 0.784. The zero-order chi connectivity index (χ0) is 13.7. The molecule has 5 nitrogen and oxygen atoms in total. The summed E-state index contributed by atoms with van der Waals surface area (Å²) >= 11 is 0. The van der Waals surface area contributed by atoms with Crippen LogP contribution in [-0.2, 0) is 11.3 Å². The van der Waals surface area contributed by atoms with Crippen LogP contribution in [-0.4, -0.2) is 54.8 Å². The lowest BCUT2D eigenvalue weighted by molar-refractivity contribution is -0.0199.